The van der Waals surface area contributed by atoms with Crippen LogP contribution in [0.1, 0.15) is 56.8 Å². The Morgan fingerprint density at radius 2 is 1.86 bits per heavy atom. The van der Waals surface area contributed by atoms with Crippen molar-refractivity contribution in [3.8, 4) is 17.3 Å². The summed E-state index contributed by atoms with van der Waals surface area (Å²) in [6.07, 6.45) is 5.15. The number of nitrogens with zero attached hydrogens (tertiary/aromatic N) is 5. The molecule has 1 N–H and O–H groups in total. The summed E-state index contributed by atoms with van der Waals surface area (Å²) in [6.45, 7) is 7.21. The minimum atomic E-state index is -0.594. The zero-order chi connectivity index (χ0) is 30.6. The van der Waals surface area contributed by atoms with E-state index in [1.54, 1.807) is 35.9 Å². The smallest absolute Gasteiger partial charge is 0.407 e. The van der Waals surface area contributed by atoms with Crippen molar-refractivity contribution < 1.29 is 19.1 Å². The highest BCUT2D eigenvalue weighted by Crippen LogP contribution is 2.37. The van der Waals surface area contributed by atoms with Crippen LogP contribution in [0.4, 0.5) is 4.79 Å². The fourth-order valence-corrected chi connectivity index (χ4v) is 6.05. The second kappa shape index (κ2) is 10.8. The minimum Gasteiger partial charge on any atom is -0.494 e. The van der Waals surface area contributed by atoms with Gasteiger partial charge in [0.15, 0.2) is 5.82 Å². The van der Waals surface area contributed by atoms with E-state index in [1.807, 2.05) is 50.6 Å². The zero-order valence-electron chi connectivity index (χ0n) is 25.8. The van der Waals surface area contributed by atoms with E-state index in [0.29, 0.717) is 47.2 Å². The summed E-state index contributed by atoms with van der Waals surface area (Å²) in [7, 11) is 5.29. The Hall–Kier alpha value is -4.28. The van der Waals surface area contributed by atoms with Crippen molar-refractivity contribution in [3.63, 3.8) is 0 Å². The predicted octanol–water partition coefficient (Wildman–Crippen LogP) is 4.44. The van der Waals surface area contributed by atoms with Gasteiger partial charge in [0, 0.05) is 56.9 Å². The van der Waals surface area contributed by atoms with Crippen LogP contribution in [0.5, 0.6) is 5.75 Å². The van der Waals surface area contributed by atoms with Gasteiger partial charge in [0.25, 0.3) is 11.5 Å². The Morgan fingerprint density at radius 1 is 1.09 bits per heavy atom. The van der Waals surface area contributed by atoms with Crippen LogP contribution in [-0.2, 0) is 25.4 Å². The number of carbonyl (C=O) groups excluding carboxylic acids is 2. The fraction of sp³-hybridized carbons (Fsp3) is 0.500. The number of hydrogen-bond acceptors (Lipinski definition) is 6. The highest BCUT2D eigenvalue weighted by molar-refractivity contribution is 6.00. The lowest BCUT2D eigenvalue weighted by atomic mass is 10.0. The largest absolute Gasteiger partial charge is 0.494 e. The van der Waals surface area contributed by atoms with Gasteiger partial charge in [-0.05, 0) is 76.6 Å². The number of aromatic nitrogens is 4. The van der Waals surface area contributed by atoms with Crippen molar-refractivity contribution >= 4 is 33.9 Å². The van der Waals surface area contributed by atoms with E-state index in [4.69, 9.17) is 14.5 Å². The number of nitrogens with one attached hydrogen (secondary N) is 1. The van der Waals surface area contributed by atoms with Gasteiger partial charge in [0.05, 0.1) is 18.3 Å². The first-order valence-electron chi connectivity index (χ1n) is 15.0. The Morgan fingerprint density at radius 3 is 2.56 bits per heavy atom. The third-order valence-corrected chi connectivity index (χ3v) is 8.32. The summed E-state index contributed by atoms with van der Waals surface area (Å²) in [4.78, 5) is 46.1. The molecular weight excluding hydrogens is 548 g/mol. The molecule has 6 rings (SSSR count). The molecule has 3 aromatic heterocycles. The molecule has 1 atom stereocenters. The number of methoxy groups -OCH3 is 1. The highest BCUT2D eigenvalue weighted by Gasteiger charge is 2.30. The summed E-state index contributed by atoms with van der Waals surface area (Å²) in [5.41, 5.74) is 2.80. The summed E-state index contributed by atoms with van der Waals surface area (Å²) in [5, 5.41) is 3.80. The second-order valence-corrected chi connectivity index (χ2v) is 12.9. The van der Waals surface area contributed by atoms with Crippen molar-refractivity contribution in [2.24, 2.45) is 20.0 Å². The van der Waals surface area contributed by atoms with Crippen LogP contribution >= 0.6 is 0 Å². The van der Waals surface area contributed by atoms with E-state index >= 15 is 0 Å². The van der Waals surface area contributed by atoms with E-state index < -0.39 is 11.7 Å². The van der Waals surface area contributed by atoms with Crippen LogP contribution in [0, 0.1) is 5.92 Å². The normalized spacial score (nSPS) is 17.4. The summed E-state index contributed by atoms with van der Waals surface area (Å²) in [6, 6.07) is 7.37. The molecule has 1 aliphatic carbocycles. The number of pyridine rings is 1. The topological polar surface area (TPSA) is 113 Å². The van der Waals surface area contributed by atoms with Gasteiger partial charge < -0.3 is 33.4 Å². The first-order chi connectivity index (χ1) is 20.4. The van der Waals surface area contributed by atoms with Gasteiger partial charge >= 0.3 is 6.09 Å². The molecule has 228 valence electrons. The number of benzene rings is 1. The Balaban J connectivity index is 1.34. The maximum absolute atomic E-state index is 13.8. The van der Waals surface area contributed by atoms with Crippen molar-refractivity contribution in [2.45, 2.75) is 64.6 Å². The Bertz CT molecular complexity index is 1790. The predicted molar refractivity (Wildman–Crippen MR) is 164 cm³/mol. The number of amides is 2. The number of carbonyl (C=O) groups is 2. The molecule has 1 saturated heterocycles. The number of hydrogen-bond donors (Lipinski definition) is 1. The molecule has 1 aliphatic heterocycles. The van der Waals surface area contributed by atoms with Gasteiger partial charge in [-0.15, -0.1) is 0 Å². The quantitative estimate of drug-likeness (QED) is 0.356. The maximum Gasteiger partial charge on any atom is 0.407 e. The Kier molecular flexibility index (Phi) is 7.22. The van der Waals surface area contributed by atoms with Crippen molar-refractivity contribution in [3.05, 3.63) is 46.4 Å². The number of alkyl carbamates (subject to hydrolysis) is 1. The van der Waals surface area contributed by atoms with Crippen molar-refractivity contribution in [1.82, 2.24) is 28.9 Å². The Labute approximate surface area is 250 Å². The summed E-state index contributed by atoms with van der Waals surface area (Å²) >= 11 is 0. The standard InChI is InChI=1S/C32H40N6O5/c1-32(2,3)43-31(41)33-22-8-7-12-37(18-22)29(39)21-14-23-27(25(16-21)42-6)36(5)28(34-23)24-15-20-11-13-35(4)30(40)26(20)38(24)17-19-9-10-19/h11,13-16,19,22H,7-10,12,17-18H2,1-6H3,(H,33,41)/t22-/m1/s1. The van der Waals surface area contributed by atoms with Crippen LogP contribution in [0.3, 0.4) is 0 Å². The van der Waals surface area contributed by atoms with Crippen molar-refractivity contribution in [1.29, 1.82) is 0 Å². The van der Waals surface area contributed by atoms with Gasteiger partial charge in [0.2, 0.25) is 0 Å². The number of rotatable bonds is 6. The molecule has 1 aromatic carbocycles. The molecule has 4 aromatic rings. The molecule has 0 unspecified atom stereocenters. The average Bonchev–Trinajstić information content (AvgIpc) is 3.61. The molecule has 11 nitrogen and oxygen atoms in total. The molecule has 11 heteroatoms. The highest BCUT2D eigenvalue weighted by atomic mass is 16.6. The van der Waals surface area contributed by atoms with Crippen LogP contribution < -0.4 is 15.6 Å². The number of imidazole rings is 1. The first kappa shape index (κ1) is 28.8. The van der Waals surface area contributed by atoms with Gasteiger partial charge in [-0.1, -0.05) is 0 Å². The van der Waals surface area contributed by atoms with E-state index in [9.17, 15) is 14.4 Å². The third kappa shape index (κ3) is 5.60. The van der Waals surface area contributed by atoms with Crippen LogP contribution in [0.2, 0.25) is 0 Å². The lowest BCUT2D eigenvalue weighted by molar-refractivity contribution is 0.0452. The monoisotopic (exact) mass is 588 g/mol. The fourth-order valence-electron chi connectivity index (χ4n) is 6.05. The van der Waals surface area contributed by atoms with Gasteiger partial charge in [-0.2, -0.15) is 0 Å². The molecule has 2 amide bonds. The number of aryl methyl sites for hydroxylation is 2. The zero-order valence-corrected chi connectivity index (χ0v) is 25.8. The number of piperidine rings is 1. The van der Waals surface area contributed by atoms with Gasteiger partial charge in [-0.3, -0.25) is 9.59 Å². The average molecular weight is 589 g/mol. The molecule has 0 bridgehead atoms. The van der Waals surface area contributed by atoms with Crippen LogP contribution in [0.25, 0.3) is 33.5 Å². The number of likely N-dealkylation sites (tertiary alicyclic amines) is 1. The third-order valence-electron chi connectivity index (χ3n) is 8.32. The molecule has 1 saturated carbocycles. The molecule has 4 heterocycles. The number of fused-ring (bicyclic) bond motifs is 2. The maximum atomic E-state index is 13.8. The first-order valence-corrected chi connectivity index (χ1v) is 15.0. The molecule has 2 aliphatic rings. The lowest BCUT2D eigenvalue weighted by Crippen LogP contribution is -2.50. The molecule has 2 fully saturated rings. The van der Waals surface area contributed by atoms with Gasteiger partial charge in [-0.25, -0.2) is 9.78 Å². The van der Waals surface area contributed by atoms with Crippen LogP contribution in [-0.4, -0.2) is 67.4 Å². The summed E-state index contributed by atoms with van der Waals surface area (Å²) < 4.78 is 16.9. The van der Waals surface area contributed by atoms with E-state index in [1.165, 1.54) is 0 Å². The SMILES string of the molecule is COc1cc(C(=O)N2CCC[C@@H](NC(=O)OC(C)(C)C)C2)cc2nc(-c3cc4ccn(C)c(=O)c4n3CC3CC3)n(C)c12. The van der Waals surface area contributed by atoms with E-state index in [2.05, 4.69) is 9.88 Å². The summed E-state index contributed by atoms with van der Waals surface area (Å²) in [5.74, 6) is 1.65. The van der Waals surface area contributed by atoms with Crippen LogP contribution in [0.15, 0.2) is 35.3 Å². The van der Waals surface area contributed by atoms with E-state index in [0.717, 1.165) is 48.8 Å². The van der Waals surface area contributed by atoms with Gasteiger partial charge in [0.1, 0.15) is 22.4 Å². The number of ether oxygens (including phenoxy) is 2. The second-order valence-electron chi connectivity index (χ2n) is 12.9. The lowest BCUT2D eigenvalue weighted by Gasteiger charge is -2.33. The minimum absolute atomic E-state index is 0.0328. The molecule has 43 heavy (non-hydrogen) atoms. The van der Waals surface area contributed by atoms with Crippen molar-refractivity contribution in [2.75, 3.05) is 20.2 Å². The van der Waals surface area contributed by atoms with E-state index in [-0.39, 0.29) is 17.5 Å². The molecule has 0 spiro atoms. The molecular formula is C32H40N6O5. The molecule has 0 radical (unpaired) electrons.